The molecule has 1 fully saturated rings. The number of rotatable bonds is 0. The molecule has 0 spiro atoms. The fraction of sp³-hybridized carbons (Fsp3) is 0.538. The third kappa shape index (κ3) is 1.31. The third-order valence-electron chi connectivity index (χ3n) is 3.80. The van der Waals surface area contributed by atoms with E-state index in [1.165, 1.54) is 0 Å². The second kappa shape index (κ2) is 3.14. The highest BCUT2D eigenvalue weighted by Crippen LogP contribution is 2.46. The van der Waals surface area contributed by atoms with E-state index >= 15 is 0 Å². The molecule has 2 heterocycles. The highest BCUT2D eigenvalue weighted by Gasteiger charge is 2.49. The summed E-state index contributed by atoms with van der Waals surface area (Å²) in [4.78, 5) is 0. The summed E-state index contributed by atoms with van der Waals surface area (Å²) in [5.74, 6) is 1.41. The Kier molecular flexibility index (Phi) is 1.96. The van der Waals surface area contributed by atoms with Crippen molar-refractivity contribution in [3.63, 3.8) is 0 Å². The molecule has 1 aromatic rings. The summed E-state index contributed by atoms with van der Waals surface area (Å²) >= 11 is 0. The summed E-state index contributed by atoms with van der Waals surface area (Å²) in [6.45, 7) is 4.94. The topological polar surface area (TPSA) is 38.7 Å². The molecule has 0 aliphatic carbocycles. The van der Waals surface area contributed by atoms with Gasteiger partial charge in [0, 0.05) is 18.9 Å². The Morgan fingerprint density at radius 2 is 2.25 bits per heavy atom. The van der Waals surface area contributed by atoms with E-state index in [4.69, 9.17) is 9.47 Å². The van der Waals surface area contributed by atoms with E-state index in [-0.39, 0.29) is 5.75 Å². The van der Waals surface area contributed by atoms with Gasteiger partial charge < -0.3 is 14.6 Å². The Bertz CT molecular complexity index is 429. The van der Waals surface area contributed by atoms with Gasteiger partial charge >= 0.3 is 0 Å². The minimum absolute atomic E-state index is 0.242. The number of fused-ring (bicyclic) bond motifs is 2. The quantitative estimate of drug-likeness (QED) is 0.729. The van der Waals surface area contributed by atoms with Gasteiger partial charge in [0.1, 0.15) is 11.5 Å². The van der Waals surface area contributed by atoms with Crippen molar-refractivity contribution in [1.82, 2.24) is 0 Å². The van der Waals surface area contributed by atoms with Gasteiger partial charge in [0.25, 0.3) is 0 Å². The first-order chi connectivity index (χ1) is 7.58. The average Bonchev–Trinajstić information content (AvgIpc) is 2.52. The molecule has 3 atom stereocenters. The summed E-state index contributed by atoms with van der Waals surface area (Å²) in [6, 6.07) is 5.32. The minimum atomic E-state index is -0.514. The molecule has 0 saturated carbocycles. The van der Waals surface area contributed by atoms with Gasteiger partial charge in [0.05, 0.1) is 6.61 Å². The molecule has 1 aromatic carbocycles. The van der Waals surface area contributed by atoms with Crippen LogP contribution in [0.4, 0.5) is 0 Å². The summed E-state index contributed by atoms with van der Waals surface area (Å²) in [5, 5.41) is 9.44. The van der Waals surface area contributed by atoms with Crippen LogP contribution in [0.25, 0.3) is 0 Å². The lowest BCUT2D eigenvalue weighted by atomic mass is 9.82. The smallest absolute Gasteiger partial charge is 0.211 e. The van der Waals surface area contributed by atoms with E-state index in [0.29, 0.717) is 11.8 Å². The normalized spacial score (nSPS) is 36.4. The fourth-order valence-corrected chi connectivity index (χ4v) is 2.79. The zero-order chi connectivity index (χ0) is 11.3. The van der Waals surface area contributed by atoms with Gasteiger partial charge in [-0.05, 0) is 24.0 Å². The van der Waals surface area contributed by atoms with Gasteiger partial charge in [0.2, 0.25) is 5.79 Å². The van der Waals surface area contributed by atoms with Crippen LogP contribution < -0.4 is 4.74 Å². The molecule has 1 N–H and O–H groups in total. The summed E-state index contributed by atoms with van der Waals surface area (Å²) in [5.41, 5.74) is 1.16. The lowest BCUT2D eigenvalue weighted by molar-refractivity contribution is -0.166. The summed E-state index contributed by atoms with van der Waals surface area (Å²) in [6.07, 6.45) is 0.966. The van der Waals surface area contributed by atoms with Crippen molar-refractivity contribution in [1.29, 1.82) is 0 Å². The van der Waals surface area contributed by atoms with Gasteiger partial charge in [-0.25, -0.2) is 0 Å². The Balaban J connectivity index is 2.02. The Hall–Kier alpha value is -1.22. The molecule has 3 nitrogen and oxygen atoms in total. The lowest BCUT2D eigenvalue weighted by Crippen LogP contribution is -2.43. The van der Waals surface area contributed by atoms with Crippen molar-refractivity contribution in [3.05, 3.63) is 23.8 Å². The molecule has 3 rings (SSSR count). The standard InChI is InChI=1S/C13H16O3/c1-8-7-15-13(2)11(8)5-9-3-4-10(14)6-12(9)16-13/h3-4,6,8,11,14H,5,7H2,1-2H3/t8-,11+,13+/m0/s1. The first-order valence-corrected chi connectivity index (χ1v) is 5.73. The number of benzene rings is 1. The molecule has 16 heavy (non-hydrogen) atoms. The van der Waals surface area contributed by atoms with Crippen LogP contribution in [0.2, 0.25) is 0 Å². The van der Waals surface area contributed by atoms with Gasteiger partial charge in [-0.3, -0.25) is 0 Å². The number of hydrogen-bond donors (Lipinski definition) is 1. The second-order valence-electron chi connectivity index (χ2n) is 5.01. The average molecular weight is 220 g/mol. The predicted octanol–water partition coefficient (Wildman–Crippen LogP) is 2.33. The zero-order valence-corrected chi connectivity index (χ0v) is 9.56. The molecular weight excluding hydrogens is 204 g/mol. The van der Waals surface area contributed by atoms with Crippen molar-refractivity contribution in [2.75, 3.05) is 6.61 Å². The number of phenolic OH excluding ortho intramolecular Hbond substituents is 1. The van der Waals surface area contributed by atoms with Crippen LogP contribution in [0.3, 0.4) is 0 Å². The number of ether oxygens (including phenoxy) is 2. The van der Waals surface area contributed by atoms with E-state index in [1.807, 2.05) is 13.0 Å². The fourth-order valence-electron chi connectivity index (χ4n) is 2.79. The molecule has 1 saturated heterocycles. The monoisotopic (exact) mass is 220 g/mol. The van der Waals surface area contributed by atoms with Gasteiger partial charge in [-0.1, -0.05) is 13.0 Å². The molecule has 2 aliphatic heterocycles. The zero-order valence-electron chi connectivity index (χ0n) is 9.56. The second-order valence-corrected chi connectivity index (χ2v) is 5.01. The molecule has 3 heteroatoms. The number of hydrogen-bond acceptors (Lipinski definition) is 3. The van der Waals surface area contributed by atoms with Crippen molar-refractivity contribution in [2.45, 2.75) is 26.1 Å². The van der Waals surface area contributed by atoms with Crippen LogP contribution in [0, 0.1) is 11.8 Å². The van der Waals surface area contributed by atoms with Gasteiger partial charge in [0.15, 0.2) is 0 Å². The highest BCUT2D eigenvalue weighted by atomic mass is 16.7. The molecule has 0 aromatic heterocycles. The third-order valence-corrected chi connectivity index (χ3v) is 3.80. The largest absolute Gasteiger partial charge is 0.508 e. The van der Waals surface area contributed by atoms with Crippen molar-refractivity contribution in [2.24, 2.45) is 11.8 Å². The van der Waals surface area contributed by atoms with E-state index in [2.05, 4.69) is 6.92 Å². The lowest BCUT2D eigenvalue weighted by Gasteiger charge is -2.37. The van der Waals surface area contributed by atoms with E-state index < -0.39 is 5.79 Å². The molecular formula is C13H16O3. The van der Waals surface area contributed by atoms with Gasteiger partial charge in [-0.2, -0.15) is 0 Å². The maximum absolute atomic E-state index is 9.44. The SMILES string of the molecule is C[C@H]1CO[C@]2(C)Oc3cc(O)ccc3C[C@H]12. The van der Waals surface area contributed by atoms with Crippen molar-refractivity contribution in [3.8, 4) is 11.5 Å². The molecule has 0 bridgehead atoms. The van der Waals surface area contributed by atoms with Crippen LogP contribution in [-0.2, 0) is 11.2 Å². The molecule has 86 valence electrons. The molecule has 0 radical (unpaired) electrons. The van der Waals surface area contributed by atoms with Crippen LogP contribution >= 0.6 is 0 Å². The Morgan fingerprint density at radius 1 is 1.44 bits per heavy atom. The van der Waals surface area contributed by atoms with Crippen molar-refractivity contribution >= 4 is 0 Å². The molecule has 0 unspecified atom stereocenters. The highest BCUT2D eigenvalue weighted by molar-refractivity contribution is 5.42. The van der Waals surface area contributed by atoms with Gasteiger partial charge in [-0.15, -0.1) is 0 Å². The summed E-state index contributed by atoms with van der Waals surface area (Å²) < 4.78 is 11.7. The van der Waals surface area contributed by atoms with E-state index in [9.17, 15) is 5.11 Å². The van der Waals surface area contributed by atoms with Crippen molar-refractivity contribution < 1.29 is 14.6 Å². The Labute approximate surface area is 95.0 Å². The summed E-state index contributed by atoms with van der Waals surface area (Å²) in [7, 11) is 0. The Morgan fingerprint density at radius 3 is 3.06 bits per heavy atom. The predicted molar refractivity (Wildman–Crippen MR) is 59.4 cm³/mol. The maximum atomic E-state index is 9.44. The van der Waals surface area contributed by atoms with E-state index in [1.54, 1.807) is 12.1 Å². The molecule has 2 aliphatic rings. The van der Waals surface area contributed by atoms with Crippen LogP contribution in [-0.4, -0.2) is 17.5 Å². The first-order valence-electron chi connectivity index (χ1n) is 5.73. The number of phenols is 1. The van der Waals surface area contributed by atoms with Crippen LogP contribution in [0.5, 0.6) is 11.5 Å². The first kappa shape index (κ1) is 9.97. The minimum Gasteiger partial charge on any atom is -0.508 e. The van der Waals surface area contributed by atoms with Crippen LogP contribution in [0.1, 0.15) is 19.4 Å². The molecule has 0 amide bonds. The maximum Gasteiger partial charge on any atom is 0.211 e. The van der Waals surface area contributed by atoms with Crippen LogP contribution in [0.15, 0.2) is 18.2 Å². The van der Waals surface area contributed by atoms with E-state index in [0.717, 1.165) is 24.3 Å². The number of aromatic hydroxyl groups is 1.